The van der Waals surface area contributed by atoms with Crippen molar-refractivity contribution in [2.45, 2.75) is 32.8 Å². The molecule has 0 saturated heterocycles. The van der Waals surface area contributed by atoms with E-state index in [0.717, 1.165) is 18.6 Å². The molecule has 0 amide bonds. The van der Waals surface area contributed by atoms with E-state index in [1.54, 1.807) is 14.2 Å². The number of fused-ring (bicyclic) bond motifs is 1. The van der Waals surface area contributed by atoms with Crippen molar-refractivity contribution < 1.29 is 9.47 Å². The zero-order valence-electron chi connectivity index (χ0n) is 13.2. The molecule has 1 atom stereocenters. The summed E-state index contributed by atoms with van der Waals surface area (Å²) in [6.07, 6.45) is 2.42. The quantitative estimate of drug-likeness (QED) is 0.818. The second-order valence-corrected chi connectivity index (χ2v) is 5.77. The van der Waals surface area contributed by atoms with E-state index in [4.69, 9.17) is 9.47 Å². The van der Waals surface area contributed by atoms with Crippen LogP contribution in [0.3, 0.4) is 0 Å². The first-order valence-corrected chi connectivity index (χ1v) is 7.46. The van der Waals surface area contributed by atoms with Gasteiger partial charge < -0.3 is 9.47 Å². The highest BCUT2D eigenvalue weighted by molar-refractivity contribution is 5.76. The molecule has 0 saturated carbocycles. The predicted molar refractivity (Wildman–Crippen MR) is 86.0 cm³/mol. The Morgan fingerprint density at radius 2 is 1.76 bits per heavy atom. The van der Waals surface area contributed by atoms with Gasteiger partial charge in [-0.1, -0.05) is 18.2 Å². The minimum Gasteiger partial charge on any atom is -0.497 e. The molecule has 0 N–H and O–H groups in total. The largest absolute Gasteiger partial charge is 0.497 e. The van der Waals surface area contributed by atoms with Crippen molar-refractivity contribution in [2.24, 2.45) is 0 Å². The predicted octanol–water partition coefficient (Wildman–Crippen LogP) is 4.61. The molecule has 0 unspecified atom stereocenters. The van der Waals surface area contributed by atoms with Crippen molar-refractivity contribution in [3.05, 3.63) is 52.6 Å². The van der Waals surface area contributed by atoms with Gasteiger partial charge in [-0.15, -0.1) is 0 Å². The number of hydrogen-bond acceptors (Lipinski definition) is 2. The zero-order chi connectivity index (χ0) is 15.0. The van der Waals surface area contributed by atoms with Gasteiger partial charge in [0, 0.05) is 7.11 Å². The molecule has 21 heavy (non-hydrogen) atoms. The van der Waals surface area contributed by atoms with Gasteiger partial charge in [0.2, 0.25) is 0 Å². The summed E-state index contributed by atoms with van der Waals surface area (Å²) in [4.78, 5) is 0. The first-order valence-electron chi connectivity index (χ1n) is 7.46. The summed E-state index contributed by atoms with van der Waals surface area (Å²) in [7, 11) is 3.52. The van der Waals surface area contributed by atoms with Crippen LogP contribution in [0, 0.1) is 13.8 Å². The van der Waals surface area contributed by atoms with Gasteiger partial charge in [-0.3, -0.25) is 0 Å². The maximum Gasteiger partial charge on any atom is 0.119 e. The summed E-state index contributed by atoms with van der Waals surface area (Å²) in [5, 5.41) is 0. The third kappa shape index (κ3) is 2.34. The van der Waals surface area contributed by atoms with Crippen LogP contribution in [-0.2, 0) is 11.2 Å². The lowest BCUT2D eigenvalue weighted by molar-refractivity contribution is 0.105. The molecular weight excluding hydrogens is 260 g/mol. The Kier molecular flexibility index (Phi) is 3.73. The molecule has 0 aliphatic heterocycles. The molecule has 2 aromatic rings. The summed E-state index contributed by atoms with van der Waals surface area (Å²) in [6.45, 7) is 4.32. The lowest BCUT2D eigenvalue weighted by Gasteiger charge is -2.16. The lowest BCUT2D eigenvalue weighted by atomic mass is 9.90. The minimum absolute atomic E-state index is 0.249. The highest BCUT2D eigenvalue weighted by atomic mass is 16.5. The van der Waals surface area contributed by atoms with Gasteiger partial charge in [0.25, 0.3) is 0 Å². The SMILES string of the molecule is COc1cc(C)c(-c2cccc3c2CC[C@H]3OC)c(C)c1. The Labute approximate surface area is 126 Å². The van der Waals surface area contributed by atoms with E-state index in [2.05, 4.69) is 44.2 Å². The number of methoxy groups -OCH3 is 2. The second kappa shape index (κ2) is 5.53. The molecule has 0 aromatic heterocycles. The number of hydrogen-bond donors (Lipinski definition) is 0. The maximum atomic E-state index is 5.61. The van der Waals surface area contributed by atoms with E-state index in [0.29, 0.717) is 0 Å². The number of benzene rings is 2. The van der Waals surface area contributed by atoms with Crippen LogP contribution in [0.5, 0.6) is 5.75 Å². The van der Waals surface area contributed by atoms with Gasteiger partial charge >= 0.3 is 0 Å². The standard InChI is InChI=1S/C19H22O2/c1-12-10-14(20-3)11-13(2)19(12)17-7-5-6-16-15(17)8-9-18(16)21-4/h5-7,10-11,18H,8-9H2,1-4H3/t18-/m1/s1. The molecule has 2 aromatic carbocycles. The lowest BCUT2D eigenvalue weighted by Crippen LogP contribution is -1.97. The number of ether oxygens (including phenoxy) is 2. The van der Waals surface area contributed by atoms with Crippen LogP contribution in [0.2, 0.25) is 0 Å². The molecule has 3 rings (SSSR count). The Morgan fingerprint density at radius 1 is 1.05 bits per heavy atom. The Morgan fingerprint density at radius 3 is 2.38 bits per heavy atom. The van der Waals surface area contributed by atoms with Crippen molar-refractivity contribution in [2.75, 3.05) is 14.2 Å². The molecule has 0 bridgehead atoms. The summed E-state index contributed by atoms with van der Waals surface area (Å²) in [5.74, 6) is 0.927. The van der Waals surface area contributed by atoms with Crippen LogP contribution >= 0.6 is 0 Å². The first kappa shape index (κ1) is 14.2. The summed E-state index contributed by atoms with van der Waals surface area (Å²) in [6, 6.07) is 10.8. The van der Waals surface area contributed by atoms with Gasteiger partial charge in [0.15, 0.2) is 0 Å². The maximum absolute atomic E-state index is 5.61. The average Bonchev–Trinajstić information content (AvgIpc) is 2.90. The molecular formula is C19H22O2. The molecule has 1 aliphatic carbocycles. The highest BCUT2D eigenvalue weighted by Crippen LogP contribution is 2.41. The third-order valence-electron chi connectivity index (χ3n) is 4.51. The first-order chi connectivity index (χ1) is 10.2. The van der Waals surface area contributed by atoms with Gasteiger partial charge in [0.05, 0.1) is 13.2 Å². The van der Waals surface area contributed by atoms with Gasteiger partial charge in [-0.05, 0) is 72.2 Å². The molecule has 0 radical (unpaired) electrons. The topological polar surface area (TPSA) is 18.5 Å². The third-order valence-corrected chi connectivity index (χ3v) is 4.51. The number of aryl methyl sites for hydroxylation is 2. The van der Waals surface area contributed by atoms with E-state index in [9.17, 15) is 0 Å². The van der Waals surface area contributed by atoms with Crippen LogP contribution in [-0.4, -0.2) is 14.2 Å². The summed E-state index contributed by atoms with van der Waals surface area (Å²) < 4.78 is 11.0. The fourth-order valence-corrected chi connectivity index (χ4v) is 3.56. The van der Waals surface area contributed by atoms with Crippen LogP contribution < -0.4 is 4.74 Å². The van der Waals surface area contributed by atoms with Crippen LogP contribution in [0.1, 0.15) is 34.8 Å². The van der Waals surface area contributed by atoms with Crippen LogP contribution in [0.15, 0.2) is 30.3 Å². The van der Waals surface area contributed by atoms with Crippen LogP contribution in [0.4, 0.5) is 0 Å². The van der Waals surface area contributed by atoms with Crippen molar-refractivity contribution >= 4 is 0 Å². The minimum atomic E-state index is 0.249. The van der Waals surface area contributed by atoms with Gasteiger partial charge in [-0.2, -0.15) is 0 Å². The molecule has 2 nitrogen and oxygen atoms in total. The Bertz CT molecular complexity index is 650. The van der Waals surface area contributed by atoms with Crippen molar-refractivity contribution in [1.29, 1.82) is 0 Å². The zero-order valence-corrected chi connectivity index (χ0v) is 13.2. The molecule has 110 valence electrons. The van der Waals surface area contributed by atoms with Crippen molar-refractivity contribution in [3.8, 4) is 16.9 Å². The van der Waals surface area contributed by atoms with Crippen molar-refractivity contribution in [3.63, 3.8) is 0 Å². The molecule has 2 heteroatoms. The summed E-state index contributed by atoms with van der Waals surface area (Å²) in [5.41, 5.74) is 8.02. The second-order valence-electron chi connectivity index (χ2n) is 5.77. The van der Waals surface area contributed by atoms with Gasteiger partial charge in [-0.25, -0.2) is 0 Å². The van der Waals surface area contributed by atoms with E-state index >= 15 is 0 Å². The van der Waals surface area contributed by atoms with E-state index in [1.807, 2.05) is 0 Å². The molecule has 1 aliphatic rings. The van der Waals surface area contributed by atoms with Gasteiger partial charge in [0.1, 0.15) is 5.75 Å². The van der Waals surface area contributed by atoms with E-state index in [1.165, 1.54) is 33.4 Å². The Hall–Kier alpha value is -1.80. The number of rotatable bonds is 3. The fraction of sp³-hybridized carbons (Fsp3) is 0.368. The summed E-state index contributed by atoms with van der Waals surface area (Å²) >= 11 is 0. The molecule has 0 fully saturated rings. The molecule has 0 heterocycles. The van der Waals surface area contributed by atoms with E-state index < -0.39 is 0 Å². The van der Waals surface area contributed by atoms with E-state index in [-0.39, 0.29) is 6.10 Å². The molecule has 0 spiro atoms. The average molecular weight is 282 g/mol. The smallest absolute Gasteiger partial charge is 0.119 e. The Balaban J connectivity index is 2.17. The highest BCUT2D eigenvalue weighted by Gasteiger charge is 2.25. The monoisotopic (exact) mass is 282 g/mol. The van der Waals surface area contributed by atoms with Crippen LogP contribution in [0.25, 0.3) is 11.1 Å². The fourth-order valence-electron chi connectivity index (χ4n) is 3.56. The van der Waals surface area contributed by atoms with Crippen molar-refractivity contribution in [1.82, 2.24) is 0 Å². The normalized spacial score (nSPS) is 16.9.